The minimum Gasteiger partial charge on any atom is -0.379 e. The lowest BCUT2D eigenvalue weighted by Gasteiger charge is -2.39. The Morgan fingerprint density at radius 1 is 0.696 bits per heavy atom. The van der Waals surface area contributed by atoms with Gasteiger partial charge in [-0.2, -0.15) is 0 Å². The van der Waals surface area contributed by atoms with Crippen molar-refractivity contribution in [1.82, 2.24) is 0 Å². The summed E-state index contributed by atoms with van der Waals surface area (Å²) >= 11 is 0. The highest BCUT2D eigenvalue weighted by molar-refractivity contribution is 5.64. The van der Waals surface area contributed by atoms with E-state index >= 15 is 0 Å². The molecule has 0 amide bonds. The van der Waals surface area contributed by atoms with E-state index in [4.69, 9.17) is 0 Å². The fourth-order valence-electron chi connectivity index (χ4n) is 3.54. The van der Waals surface area contributed by atoms with Crippen molar-refractivity contribution in [2.24, 2.45) is 0 Å². The molecule has 23 heavy (non-hydrogen) atoms. The zero-order valence-electron chi connectivity index (χ0n) is 12.8. The number of benzene rings is 3. The normalized spacial score (nSPS) is 22.6. The molecule has 0 bridgehead atoms. The molecular weight excluding hydrogens is 280 g/mol. The maximum absolute atomic E-state index is 11.9. The van der Waals surface area contributed by atoms with E-state index in [0.29, 0.717) is 0 Å². The largest absolute Gasteiger partial charge is 0.379 e. The second-order valence-corrected chi connectivity index (χ2v) is 5.97. The van der Waals surface area contributed by atoms with Gasteiger partial charge < -0.3 is 5.11 Å². The molecule has 0 unspecified atom stereocenters. The van der Waals surface area contributed by atoms with Crippen molar-refractivity contribution in [3.8, 4) is 0 Å². The van der Waals surface area contributed by atoms with Crippen LogP contribution in [0.5, 0.6) is 0 Å². The van der Waals surface area contributed by atoms with Crippen LogP contribution in [0, 0.1) is 0 Å². The zero-order valence-corrected chi connectivity index (χ0v) is 12.8. The van der Waals surface area contributed by atoms with Crippen LogP contribution < -0.4 is 0 Å². The predicted molar refractivity (Wildman–Crippen MR) is 94.1 cm³/mol. The van der Waals surface area contributed by atoms with E-state index in [9.17, 15) is 5.11 Å². The molecule has 1 nitrogen and oxygen atoms in total. The van der Waals surface area contributed by atoms with Crippen LogP contribution >= 0.6 is 0 Å². The second kappa shape index (κ2) is 5.53. The zero-order chi connectivity index (χ0) is 15.7. The number of hydrogen-bond acceptors (Lipinski definition) is 1. The molecule has 2 atom stereocenters. The van der Waals surface area contributed by atoms with E-state index in [1.54, 1.807) is 0 Å². The van der Waals surface area contributed by atoms with E-state index in [0.717, 1.165) is 22.3 Å². The minimum atomic E-state index is -1.06. The van der Waals surface area contributed by atoms with Crippen molar-refractivity contribution in [3.05, 3.63) is 113 Å². The molecule has 1 aliphatic rings. The van der Waals surface area contributed by atoms with Crippen LogP contribution in [0.3, 0.4) is 0 Å². The monoisotopic (exact) mass is 298 g/mol. The Bertz CT molecular complexity index is 836. The molecule has 0 fully saturated rings. The Labute approximate surface area is 136 Å². The molecule has 0 saturated carbocycles. The molecule has 1 aliphatic carbocycles. The first-order valence-electron chi connectivity index (χ1n) is 7.91. The number of fused-ring (bicyclic) bond motifs is 1. The van der Waals surface area contributed by atoms with Crippen molar-refractivity contribution in [2.45, 2.75) is 11.5 Å². The second-order valence-electron chi connectivity index (χ2n) is 5.97. The van der Waals surface area contributed by atoms with E-state index in [1.807, 2.05) is 66.7 Å². The first-order chi connectivity index (χ1) is 11.3. The van der Waals surface area contributed by atoms with E-state index in [2.05, 4.69) is 30.4 Å². The van der Waals surface area contributed by atoms with Gasteiger partial charge >= 0.3 is 0 Å². The molecule has 0 heterocycles. The summed E-state index contributed by atoms with van der Waals surface area (Å²) in [5.74, 6) is -0.110. The Morgan fingerprint density at radius 3 is 2.04 bits per heavy atom. The number of hydrogen-bond donors (Lipinski definition) is 1. The molecule has 1 N–H and O–H groups in total. The highest BCUT2D eigenvalue weighted by Gasteiger charge is 2.42. The lowest BCUT2D eigenvalue weighted by atomic mass is 9.69. The summed E-state index contributed by atoms with van der Waals surface area (Å²) in [6.45, 7) is 0. The van der Waals surface area contributed by atoms with Gasteiger partial charge in [-0.05, 0) is 22.3 Å². The smallest absolute Gasteiger partial charge is 0.125 e. The van der Waals surface area contributed by atoms with Crippen molar-refractivity contribution >= 4 is 6.08 Å². The highest BCUT2D eigenvalue weighted by atomic mass is 16.3. The Hall–Kier alpha value is -2.64. The van der Waals surface area contributed by atoms with Crippen molar-refractivity contribution < 1.29 is 5.11 Å². The SMILES string of the molecule is O[C@@]1(c2ccccc2)c2ccccc2C=C[C@@H]1c1ccccc1. The Balaban J connectivity index is 1.97. The quantitative estimate of drug-likeness (QED) is 0.725. The van der Waals surface area contributed by atoms with E-state index < -0.39 is 5.60 Å². The minimum absolute atomic E-state index is 0.110. The third kappa shape index (κ3) is 2.21. The predicted octanol–water partition coefficient (Wildman–Crippen LogP) is 4.73. The summed E-state index contributed by atoms with van der Waals surface area (Å²) in [5, 5.41) is 11.9. The van der Waals surface area contributed by atoms with Crippen LogP contribution in [0.2, 0.25) is 0 Å². The fraction of sp³-hybridized carbons (Fsp3) is 0.0909. The lowest BCUT2D eigenvalue weighted by molar-refractivity contribution is 0.0635. The van der Waals surface area contributed by atoms with Gasteiger partial charge in [-0.15, -0.1) is 0 Å². The molecular formula is C22H18O. The molecule has 0 radical (unpaired) electrons. The first kappa shape index (κ1) is 14.0. The van der Waals surface area contributed by atoms with Crippen LogP contribution in [0.1, 0.15) is 28.2 Å². The highest BCUT2D eigenvalue weighted by Crippen LogP contribution is 2.47. The average molecular weight is 298 g/mol. The van der Waals surface area contributed by atoms with Gasteiger partial charge in [0.1, 0.15) is 5.60 Å². The molecule has 0 aromatic heterocycles. The summed E-state index contributed by atoms with van der Waals surface area (Å²) in [6, 6.07) is 28.3. The van der Waals surface area contributed by atoms with Crippen molar-refractivity contribution in [2.75, 3.05) is 0 Å². The molecule has 0 aliphatic heterocycles. The maximum atomic E-state index is 11.9. The van der Waals surface area contributed by atoms with Crippen molar-refractivity contribution in [3.63, 3.8) is 0 Å². The molecule has 3 aromatic rings. The van der Waals surface area contributed by atoms with Gasteiger partial charge in [0.2, 0.25) is 0 Å². The Kier molecular flexibility index (Phi) is 3.36. The molecule has 1 heteroatoms. The molecule has 4 rings (SSSR count). The topological polar surface area (TPSA) is 20.2 Å². The lowest BCUT2D eigenvalue weighted by Crippen LogP contribution is -2.36. The van der Waals surface area contributed by atoms with Crippen LogP contribution in [0.25, 0.3) is 6.08 Å². The summed E-state index contributed by atoms with van der Waals surface area (Å²) in [6.07, 6.45) is 4.23. The number of aliphatic hydroxyl groups is 1. The summed E-state index contributed by atoms with van der Waals surface area (Å²) < 4.78 is 0. The first-order valence-corrected chi connectivity index (χ1v) is 7.91. The molecule has 0 saturated heterocycles. The molecule has 0 spiro atoms. The van der Waals surface area contributed by atoms with Gasteiger partial charge in [-0.25, -0.2) is 0 Å². The van der Waals surface area contributed by atoms with Crippen LogP contribution in [-0.2, 0) is 5.60 Å². The van der Waals surface area contributed by atoms with E-state index in [-0.39, 0.29) is 5.92 Å². The standard InChI is InChI=1S/C22H18O/c23-22(19-12-5-2-6-13-19)20-14-8-7-11-18(20)15-16-21(22)17-9-3-1-4-10-17/h1-16,21,23H/t21-,22+/m1/s1. The average Bonchev–Trinajstić information content (AvgIpc) is 2.64. The molecule has 3 aromatic carbocycles. The summed E-state index contributed by atoms with van der Waals surface area (Å²) in [5.41, 5.74) is 3.01. The van der Waals surface area contributed by atoms with Gasteiger partial charge in [-0.1, -0.05) is 97.1 Å². The van der Waals surface area contributed by atoms with Crippen LogP contribution in [-0.4, -0.2) is 5.11 Å². The molecule has 112 valence electrons. The Morgan fingerprint density at radius 2 is 1.30 bits per heavy atom. The number of rotatable bonds is 2. The third-order valence-corrected chi connectivity index (χ3v) is 4.66. The van der Waals surface area contributed by atoms with E-state index in [1.165, 1.54) is 0 Å². The van der Waals surface area contributed by atoms with Gasteiger partial charge in [0.25, 0.3) is 0 Å². The maximum Gasteiger partial charge on any atom is 0.125 e. The van der Waals surface area contributed by atoms with Crippen LogP contribution in [0.4, 0.5) is 0 Å². The van der Waals surface area contributed by atoms with Crippen molar-refractivity contribution in [1.29, 1.82) is 0 Å². The summed E-state index contributed by atoms with van der Waals surface area (Å²) in [4.78, 5) is 0. The van der Waals surface area contributed by atoms with Gasteiger partial charge in [0.05, 0.1) is 0 Å². The van der Waals surface area contributed by atoms with Gasteiger partial charge in [0, 0.05) is 5.92 Å². The van der Waals surface area contributed by atoms with Gasteiger partial charge in [-0.3, -0.25) is 0 Å². The summed E-state index contributed by atoms with van der Waals surface area (Å²) in [7, 11) is 0. The van der Waals surface area contributed by atoms with Gasteiger partial charge in [0.15, 0.2) is 0 Å². The fourth-order valence-corrected chi connectivity index (χ4v) is 3.54. The third-order valence-electron chi connectivity index (χ3n) is 4.66. The van der Waals surface area contributed by atoms with Crippen LogP contribution in [0.15, 0.2) is 91.0 Å².